The third kappa shape index (κ3) is 3.87. The topological polar surface area (TPSA) is 43.5 Å². The fourth-order valence-corrected chi connectivity index (χ4v) is 3.37. The SMILES string of the molecule is Cc1cc(-c2cc(C)c(OCC3CO3)c(C)c2)cc(C)c1OCC1CO1. The summed E-state index contributed by atoms with van der Waals surface area (Å²) >= 11 is 0. The summed E-state index contributed by atoms with van der Waals surface area (Å²) in [6.45, 7) is 11.3. The highest BCUT2D eigenvalue weighted by atomic mass is 16.6. The second-order valence-corrected chi connectivity index (χ2v) is 7.41. The van der Waals surface area contributed by atoms with Gasteiger partial charge in [0.2, 0.25) is 0 Å². The van der Waals surface area contributed by atoms with Crippen LogP contribution in [0.3, 0.4) is 0 Å². The molecule has 0 aromatic heterocycles. The van der Waals surface area contributed by atoms with Crippen molar-refractivity contribution in [3.05, 3.63) is 46.5 Å². The first-order valence-electron chi connectivity index (χ1n) is 9.23. The Morgan fingerprint density at radius 2 is 1.00 bits per heavy atom. The molecule has 0 radical (unpaired) electrons. The molecule has 2 atom stereocenters. The lowest BCUT2D eigenvalue weighted by atomic mass is 9.96. The van der Waals surface area contributed by atoms with E-state index in [4.69, 9.17) is 18.9 Å². The van der Waals surface area contributed by atoms with Gasteiger partial charge in [0.15, 0.2) is 0 Å². The lowest BCUT2D eigenvalue weighted by Crippen LogP contribution is -2.07. The highest BCUT2D eigenvalue weighted by Gasteiger charge is 2.25. The van der Waals surface area contributed by atoms with Gasteiger partial charge in [-0.05, 0) is 85.3 Å². The molecule has 2 heterocycles. The van der Waals surface area contributed by atoms with Crippen LogP contribution in [-0.2, 0) is 9.47 Å². The molecule has 2 fully saturated rings. The van der Waals surface area contributed by atoms with Gasteiger partial charge in [0.1, 0.15) is 36.9 Å². The summed E-state index contributed by atoms with van der Waals surface area (Å²) in [6, 6.07) is 8.79. The first-order chi connectivity index (χ1) is 12.5. The van der Waals surface area contributed by atoms with Gasteiger partial charge in [-0.3, -0.25) is 0 Å². The Hall–Kier alpha value is -2.04. The molecular formula is C22H26O4. The zero-order valence-corrected chi connectivity index (χ0v) is 15.9. The van der Waals surface area contributed by atoms with Crippen molar-refractivity contribution >= 4 is 0 Å². The Morgan fingerprint density at radius 1 is 0.692 bits per heavy atom. The number of epoxide rings is 2. The van der Waals surface area contributed by atoms with E-state index in [0.29, 0.717) is 13.2 Å². The van der Waals surface area contributed by atoms with Gasteiger partial charge >= 0.3 is 0 Å². The maximum atomic E-state index is 5.95. The quantitative estimate of drug-likeness (QED) is 0.701. The van der Waals surface area contributed by atoms with Crippen molar-refractivity contribution in [2.45, 2.75) is 39.9 Å². The highest BCUT2D eigenvalue weighted by Crippen LogP contribution is 2.34. The first kappa shape index (κ1) is 17.4. The summed E-state index contributed by atoms with van der Waals surface area (Å²) in [4.78, 5) is 0. The van der Waals surface area contributed by atoms with Crippen LogP contribution in [-0.4, -0.2) is 38.6 Å². The van der Waals surface area contributed by atoms with E-state index in [2.05, 4.69) is 52.0 Å². The summed E-state index contributed by atoms with van der Waals surface area (Å²) in [5, 5.41) is 0. The van der Waals surface area contributed by atoms with Crippen molar-refractivity contribution in [2.24, 2.45) is 0 Å². The van der Waals surface area contributed by atoms with Gasteiger partial charge in [-0.25, -0.2) is 0 Å². The van der Waals surface area contributed by atoms with Crippen LogP contribution >= 0.6 is 0 Å². The highest BCUT2D eigenvalue weighted by molar-refractivity contribution is 5.70. The minimum Gasteiger partial charge on any atom is -0.490 e. The van der Waals surface area contributed by atoms with Crippen molar-refractivity contribution in [3.63, 3.8) is 0 Å². The number of hydrogen-bond donors (Lipinski definition) is 0. The average molecular weight is 354 g/mol. The molecule has 0 aliphatic carbocycles. The average Bonchev–Trinajstić information content (AvgIpc) is 3.47. The first-order valence-corrected chi connectivity index (χ1v) is 9.23. The Balaban J connectivity index is 1.57. The Labute approximate surface area is 155 Å². The van der Waals surface area contributed by atoms with Crippen molar-refractivity contribution in [1.29, 1.82) is 0 Å². The molecule has 0 saturated carbocycles. The van der Waals surface area contributed by atoms with E-state index in [1.54, 1.807) is 0 Å². The molecule has 0 spiro atoms. The second-order valence-electron chi connectivity index (χ2n) is 7.41. The number of ether oxygens (including phenoxy) is 4. The summed E-state index contributed by atoms with van der Waals surface area (Å²) in [7, 11) is 0. The Bertz CT molecular complexity index is 703. The molecule has 2 aromatic carbocycles. The Morgan fingerprint density at radius 3 is 1.27 bits per heavy atom. The molecule has 0 N–H and O–H groups in total. The van der Waals surface area contributed by atoms with Gasteiger partial charge in [0.25, 0.3) is 0 Å². The van der Waals surface area contributed by atoms with Crippen LogP contribution < -0.4 is 9.47 Å². The van der Waals surface area contributed by atoms with E-state index in [1.807, 2.05) is 0 Å². The van der Waals surface area contributed by atoms with Crippen LogP contribution in [0.2, 0.25) is 0 Å². The third-order valence-corrected chi connectivity index (χ3v) is 4.89. The lowest BCUT2D eigenvalue weighted by Gasteiger charge is -2.16. The largest absolute Gasteiger partial charge is 0.490 e. The van der Waals surface area contributed by atoms with E-state index < -0.39 is 0 Å². The van der Waals surface area contributed by atoms with E-state index in [0.717, 1.165) is 47.0 Å². The molecule has 2 saturated heterocycles. The van der Waals surface area contributed by atoms with Gasteiger partial charge in [-0.1, -0.05) is 0 Å². The molecule has 4 rings (SSSR count). The third-order valence-electron chi connectivity index (χ3n) is 4.89. The van der Waals surface area contributed by atoms with Crippen molar-refractivity contribution < 1.29 is 18.9 Å². The predicted molar refractivity (Wildman–Crippen MR) is 101 cm³/mol. The molecule has 0 amide bonds. The van der Waals surface area contributed by atoms with Crippen LogP contribution in [0.25, 0.3) is 11.1 Å². The van der Waals surface area contributed by atoms with Crippen LogP contribution in [0.1, 0.15) is 22.3 Å². The molecule has 2 aliphatic rings. The molecule has 2 aromatic rings. The van der Waals surface area contributed by atoms with E-state index in [9.17, 15) is 0 Å². The van der Waals surface area contributed by atoms with E-state index >= 15 is 0 Å². The molecule has 26 heavy (non-hydrogen) atoms. The van der Waals surface area contributed by atoms with Crippen LogP contribution in [0.15, 0.2) is 24.3 Å². The summed E-state index contributed by atoms with van der Waals surface area (Å²) in [5.41, 5.74) is 7.03. The number of benzene rings is 2. The van der Waals surface area contributed by atoms with Gasteiger partial charge in [0, 0.05) is 0 Å². The van der Waals surface area contributed by atoms with Gasteiger partial charge in [-0.2, -0.15) is 0 Å². The minimum absolute atomic E-state index is 0.271. The van der Waals surface area contributed by atoms with Gasteiger partial charge in [0.05, 0.1) is 13.2 Å². The number of aryl methyl sites for hydroxylation is 4. The fraction of sp³-hybridized carbons (Fsp3) is 0.455. The molecule has 138 valence electrons. The van der Waals surface area contributed by atoms with Crippen molar-refractivity contribution in [1.82, 2.24) is 0 Å². The number of hydrogen-bond acceptors (Lipinski definition) is 4. The minimum atomic E-state index is 0.271. The summed E-state index contributed by atoms with van der Waals surface area (Å²) in [5.74, 6) is 1.95. The van der Waals surface area contributed by atoms with Gasteiger partial charge < -0.3 is 18.9 Å². The van der Waals surface area contributed by atoms with Crippen LogP contribution in [0, 0.1) is 27.7 Å². The normalized spacial score (nSPS) is 20.8. The summed E-state index contributed by atoms with van der Waals surface area (Å²) < 4.78 is 22.4. The van der Waals surface area contributed by atoms with Crippen molar-refractivity contribution in [3.8, 4) is 22.6 Å². The van der Waals surface area contributed by atoms with Gasteiger partial charge in [-0.15, -0.1) is 0 Å². The van der Waals surface area contributed by atoms with E-state index in [1.165, 1.54) is 11.1 Å². The maximum Gasteiger partial charge on any atom is 0.125 e. The van der Waals surface area contributed by atoms with Crippen LogP contribution in [0.5, 0.6) is 11.5 Å². The predicted octanol–water partition coefficient (Wildman–Crippen LogP) is 4.14. The molecule has 4 nitrogen and oxygen atoms in total. The smallest absolute Gasteiger partial charge is 0.125 e. The summed E-state index contributed by atoms with van der Waals surface area (Å²) in [6.07, 6.45) is 0.541. The van der Waals surface area contributed by atoms with E-state index in [-0.39, 0.29) is 12.2 Å². The Kier molecular flexibility index (Phi) is 4.63. The second kappa shape index (κ2) is 6.93. The maximum absolute atomic E-state index is 5.95. The molecule has 0 bridgehead atoms. The standard InChI is InChI=1S/C22H26O4/c1-13-5-17(6-14(2)21(13)25-11-19-9-23-19)18-7-15(3)22(16(4)8-18)26-12-20-10-24-20/h5-8,19-20H,9-12H2,1-4H3. The molecule has 4 heteroatoms. The van der Waals surface area contributed by atoms with Crippen LogP contribution in [0.4, 0.5) is 0 Å². The number of rotatable bonds is 7. The zero-order valence-electron chi connectivity index (χ0n) is 15.9. The monoisotopic (exact) mass is 354 g/mol. The zero-order chi connectivity index (χ0) is 18.3. The molecule has 2 unspecified atom stereocenters. The molecular weight excluding hydrogens is 328 g/mol. The fourth-order valence-electron chi connectivity index (χ4n) is 3.37. The lowest BCUT2D eigenvalue weighted by molar-refractivity contribution is 0.260. The molecule has 2 aliphatic heterocycles. The van der Waals surface area contributed by atoms with Crippen molar-refractivity contribution in [2.75, 3.05) is 26.4 Å².